The zero-order chi connectivity index (χ0) is 18.9. The van der Waals surface area contributed by atoms with Gasteiger partial charge in [-0.15, -0.1) is 0 Å². The van der Waals surface area contributed by atoms with Gasteiger partial charge in [-0.1, -0.05) is 6.42 Å². The number of nitrogens with zero attached hydrogens (tertiary/aromatic N) is 4. The summed E-state index contributed by atoms with van der Waals surface area (Å²) in [6.45, 7) is 5.98. The van der Waals surface area contributed by atoms with Gasteiger partial charge in [0.25, 0.3) is 0 Å². The molecule has 2 aromatic rings. The molecule has 28 heavy (non-hydrogen) atoms. The first-order valence-corrected chi connectivity index (χ1v) is 10.7. The van der Waals surface area contributed by atoms with Crippen LogP contribution in [-0.4, -0.2) is 51.3 Å². The van der Waals surface area contributed by atoms with E-state index in [1.807, 2.05) is 13.1 Å². The van der Waals surface area contributed by atoms with Crippen LogP contribution < -0.4 is 5.73 Å². The lowest BCUT2D eigenvalue weighted by Crippen LogP contribution is -2.79. The number of nitrogen functional groups attached to an aromatic ring is 1. The molecule has 5 aliphatic rings. The van der Waals surface area contributed by atoms with Crippen LogP contribution in [0.1, 0.15) is 55.8 Å². The van der Waals surface area contributed by atoms with Crippen molar-refractivity contribution in [1.82, 2.24) is 19.4 Å². The van der Waals surface area contributed by atoms with E-state index < -0.39 is 0 Å². The first kappa shape index (κ1) is 17.0. The van der Waals surface area contributed by atoms with Crippen LogP contribution in [0.2, 0.25) is 0 Å². The molecule has 0 radical (unpaired) electrons. The second-order valence-corrected chi connectivity index (χ2v) is 9.49. The third kappa shape index (κ3) is 2.28. The molecule has 2 N–H and O–H groups in total. The fourth-order valence-corrected chi connectivity index (χ4v) is 5.90. The predicted molar refractivity (Wildman–Crippen MR) is 108 cm³/mol. The van der Waals surface area contributed by atoms with Crippen molar-refractivity contribution in [3.63, 3.8) is 0 Å². The third-order valence-corrected chi connectivity index (χ3v) is 7.79. The highest BCUT2D eigenvalue weighted by atomic mass is 16.5. The van der Waals surface area contributed by atoms with Gasteiger partial charge >= 0.3 is 0 Å². The molecule has 7 rings (SSSR count). The normalized spacial score (nSPS) is 32.5. The number of hydrogen-bond acceptors (Lipinski definition) is 5. The first-order chi connectivity index (χ1) is 13.6. The Morgan fingerprint density at radius 3 is 2.54 bits per heavy atom. The van der Waals surface area contributed by atoms with E-state index in [0.717, 1.165) is 43.1 Å². The molecule has 0 amide bonds. The van der Waals surface area contributed by atoms with Crippen molar-refractivity contribution in [3.05, 3.63) is 29.8 Å². The van der Waals surface area contributed by atoms with Crippen molar-refractivity contribution in [2.24, 2.45) is 0 Å². The summed E-state index contributed by atoms with van der Waals surface area (Å²) in [4.78, 5) is 12.2. The highest BCUT2D eigenvalue weighted by molar-refractivity contribution is 5.61. The molecule has 4 aliphatic carbocycles. The third-order valence-electron chi connectivity index (χ3n) is 7.79. The van der Waals surface area contributed by atoms with Gasteiger partial charge in [-0.2, -0.15) is 0 Å². The van der Waals surface area contributed by atoms with Crippen LogP contribution in [0.5, 0.6) is 0 Å². The van der Waals surface area contributed by atoms with Crippen LogP contribution >= 0.6 is 0 Å². The van der Waals surface area contributed by atoms with Gasteiger partial charge in [0.2, 0.25) is 0 Å². The number of morpholine rings is 1. The molecule has 3 heterocycles. The lowest BCUT2D eigenvalue weighted by atomic mass is 9.43. The van der Waals surface area contributed by atoms with E-state index in [1.54, 1.807) is 0 Å². The van der Waals surface area contributed by atoms with Gasteiger partial charge in [-0.3, -0.25) is 4.90 Å². The van der Waals surface area contributed by atoms with Crippen molar-refractivity contribution in [2.45, 2.75) is 62.4 Å². The van der Waals surface area contributed by atoms with Crippen molar-refractivity contribution in [3.8, 4) is 11.3 Å². The monoisotopic (exact) mass is 379 g/mol. The van der Waals surface area contributed by atoms with E-state index in [2.05, 4.69) is 26.7 Å². The molecule has 6 heteroatoms. The lowest BCUT2D eigenvalue weighted by Gasteiger charge is -2.74. The van der Waals surface area contributed by atoms with E-state index in [1.165, 1.54) is 44.3 Å². The Balaban J connectivity index is 1.31. The topological polar surface area (TPSA) is 69.2 Å². The summed E-state index contributed by atoms with van der Waals surface area (Å²) in [6.07, 6.45) is 11.9. The van der Waals surface area contributed by atoms with Crippen molar-refractivity contribution in [1.29, 1.82) is 0 Å². The number of hydrogen-bond donors (Lipinski definition) is 1. The minimum Gasteiger partial charge on any atom is -0.383 e. The quantitative estimate of drug-likeness (QED) is 0.884. The van der Waals surface area contributed by atoms with Crippen LogP contribution in [-0.2, 0) is 10.3 Å². The molecule has 0 spiro atoms. The number of rotatable bonds is 4. The van der Waals surface area contributed by atoms with Gasteiger partial charge in [-0.25, -0.2) is 9.97 Å². The molecule has 4 saturated carbocycles. The summed E-state index contributed by atoms with van der Waals surface area (Å²) in [5, 5.41) is 0. The van der Waals surface area contributed by atoms with Gasteiger partial charge in [0.15, 0.2) is 0 Å². The summed E-state index contributed by atoms with van der Waals surface area (Å²) in [7, 11) is 0. The molecule has 0 unspecified atom stereocenters. The number of aromatic nitrogens is 3. The molecule has 0 atom stereocenters. The van der Waals surface area contributed by atoms with E-state index in [0.29, 0.717) is 22.8 Å². The number of nitrogens with two attached hydrogens (primary N) is 1. The summed E-state index contributed by atoms with van der Waals surface area (Å²) < 4.78 is 8.13. The predicted octanol–water partition coefficient (Wildman–Crippen LogP) is 3.07. The zero-order valence-electron chi connectivity index (χ0n) is 16.7. The molecular weight excluding hydrogens is 350 g/mol. The van der Waals surface area contributed by atoms with Crippen molar-refractivity contribution < 1.29 is 4.74 Å². The molecule has 148 valence electrons. The Bertz CT molecular complexity index is 905. The van der Waals surface area contributed by atoms with Gasteiger partial charge in [-0.05, 0) is 50.7 Å². The van der Waals surface area contributed by atoms with Gasteiger partial charge < -0.3 is 15.0 Å². The highest BCUT2D eigenvalue weighted by Crippen LogP contribution is 2.68. The van der Waals surface area contributed by atoms with Crippen molar-refractivity contribution in [2.75, 3.05) is 32.0 Å². The Hall–Kier alpha value is -1.92. The first-order valence-electron chi connectivity index (χ1n) is 10.7. The lowest BCUT2D eigenvalue weighted by molar-refractivity contribution is -0.221. The van der Waals surface area contributed by atoms with E-state index in [4.69, 9.17) is 15.5 Å². The summed E-state index contributed by atoms with van der Waals surface area (Å²) in [6, 6.07) is 2.12. The standard InChI is InChI=1S/C22H29N5O/c1-15-9-17(10-24-19(15)23)18-11-27(20(25-18)16-3-2-4-16)22-12-21(13-22,14-22)26-5-7-28-8-6-26/h9-11,16H,2-8,12-14H2,1H3,(H2,23,24). The van der Waals surface area contributed by atoms with Crippen molar-refractivity contribution >= 4 is 5.82 Å². The number of ether oxygens (including phenoxy) is 1. The number of pyridine rings is 1. The second-order valence-electron chi connectivity index (χ2n) is 9.49. The van der Waals surface area contributed by atoms with Crippen LogP contribution in [0.15, 0.2) is 18.5 Å². The van der Waals surface area contributed by atoms with Crippen LogP contribution in [0.25, 0.3) is 11.3 Å². The minimum absolute atomic E-state index is 0.296. The number of aryl methyl sites for hydroxylation is 1. The molecule has 1 aliphatic heterocycles. The van der Waals surface area contributed by atoms with Crippen LogP contribution in [0.4, 0.5) is 5.82 Å². The smallest absolute Gasteiger partial charge is 0.126 e. The molecule has 6 nitrogen and oxygen atoms in total. The Morgan fingerprint density at radius 2 is 1.89 bits per heavy atom. The van der Waals surface area contributed by atoms with E-state index >= 15 is 0 Å². The van der Waals surface area contributed by atoms with Gasteiger partial charge in [0.1, 0.15) is 11.6 Å². The molecular formula is C22H29N5O. The van der Waals surface area contributed by atoms with Crippen LogP contribution in [0, 0.1) is 6.92 Å². The summed E-state index contributed by atoms with van der Waals surface area (Å²) in [5.41, 5.74) is 9.82. The maximum atomic E-state index is 5.92. The Kier molecular flexibility index (Phi) is 3.52. The number of anilines is 1. The van der Waals surface area contributed by atoms with E-state index in [9.17, 15) is 0 Å². The summed E-state index contributed by atoms with van der Waals surface area (Å²) in [5.74, 6) is 2.55. The maximum absolute atomic E-state index is 5.92. The Morgan fingerprint density at radius 1 is 1.14 bits per heavy atom. The van der Waals surface area contributed by atoms with Crippen LogP contribution in [0.3, 0.4) is 0 Å². The largest absolute Gasteiger partial charge is 0.383 e. The zero-order valence-corrected chi connectivity index (χ0v) is 16.7. The van der Waals surface area contributed by atoms with E-state index in [-0.39, 0.29) is 0 Å². The fourth-order valence-electron chi connectivity index (χ4n) is 5.90. The fraction of sp³-hybridized carbons (Fsp3) is 0.636. The molecule has 1 saturated heterocycles. The summed E-state index contributed by atoms with van der Waals surface area (Å²) >= 11 is 0. The Labute approximate surface area is 166 Å². The minimum atomic E-state index is 0.296. The molecule has 2 bridgehead atoms. The molecule has 5 fully saturated rings. The van der Waals surface area contributed by atoms with Gasteiger partial charge in [0.05, 0.1) is 24.4 Å². The number of imidazole rings is 1. The average Bonchev–Trinajstić information content (AvgIpc) is 2.99. The highest BCUT2D eigenvalue weighted by Gasteiger charge is 2.71. The molecule has 0 aromatic carbocycles. The van der Waals surface area contributed by atoms with Gasteiger partial charge in [0, 0.05) is 42.5 Å². The molecule has 2 aromatic heterocycles. The second kappa shape index (κ2) is 5.80. The average molecular weight is 380 g/mol. The maximum Gasteiger partial charge on any atom is 0.126 e. The SMILES string of the molecule is Cc1cc(-c2cn(C34CC(N5CCOCC5)(C3)C4)c(C3CCC3)n2)cnc1N.